The quantitative estimate of drug-likeness (QED) is 0.423. The van der Waals surface area contributed by atoms with Crippen molar-refractivity contribution in [1.82, 2.24) is 30.4 Å². The van der Waals surface area contributed by atoms with Crippen LogP contribution in [0, 0.1) is 0 Å². The molecule has 1 aliphatic carbocycles. The fraction of sp³-hybridized carbons (Fsp3) is 0.273. The van der Waals surface area contributed by atoms with Gasteiger partial charge in [-0.2, -0.15) is 4.98 Å². The van der Waals surface area contributed by atoms with Gasteiger partial charge in [0.25, 0.3) is 11.9 Å². The summed E-state index contributed by atoms with van der Waals surface area (Å²) in [6.45, 7) is 1.23. The minimum Gasteiger partial charge on any atom is -0.431 e. The van der Waals surface area contributed by atoms with Crippen molar-refractivity contribution in [1.29, 1.82) is 0 Å². The van der Waals surface area contributed by atoms with Gasteiger partial charge < -0.3 is 20.0 Å². The highest BCUT2D eigenvalue weighted by molar-refractivity contribution is 6.02. The lowest BCUT2D eigenvalue weighted by molar-refractivity contribution is 0.102. The third-order valence-electron chi connectivity index (χ3n) is 5.97. The van der Waals surface area contributed by atoms with Crippen molar-refractivity contribution >= 4 is 23.6 Å². The molecule has 0 saturated heterocycles. The van der Waals surface area contributed by atoms with Gasteiger partial charge in [0, 0.05) is 19.0 Å². The predicted molar refractivity (Wildman–Crippen MR) is 119 cm³/mol. The van der Waals surface area contributed by atoms with E-state index in [0.29, 0.717) is 30.7 Å². The van der Waals surface area contributed by atoms with Gasteiger partial charge in [0.2, 0.25) is 5.95 Å². The number of nitrogens with zero attached hydrogens (tertiary/aromatic N) is 6. The molecule has 0 spiro atoms. The van der Waals surface area contributed by atoms with Crippen LogP contribution in [0.25, 0.3) is 0 Å². The van der Waals surface area contributed by atoms with Crippen LogP contribution in [0.1, 0.15) is 33.0 Å². The van der Waals surface area contributed by atoms with Crippen molar-refractivity contribution in [3.63, 3.8) is 0 Å². The van der Waals surface area contributed by atoms with Gasteiger partial charge in [-0.25, -0.2) is 9.97 Å². The van der Waals surface area contributed by atoms with Crippen LogP contribution in [0.5, 0.6) is 0 Å². The third-order valence-corrected chi connectivity index (χ3v) is 5.97. The number of carbonyl (C=O) groups is 1. The molecule has 11 nitrogen and oxygen atoms in total. The van der Waals surface area contributed by atoms with E-state index in [2.05, 4.69) is 65.3 Å². The van der Waals surface area contributed by atoms with Gasteiger partial charge in [-0.1, -0.05) is 29.5 Å². The molecule has 6 rings (SSSR count). The predicted octanol–water partition coefficient (Wildman–Crippen LogP) is 1.98. The molecule has 33 heavy (non-hydrogen) atoms. The minimum absolute atomic E-state index is 0.182. The molecule has 11 heteroatoms. The summed E-state index contributed by atoms with van der Waals surface area (Å²) in [5.41, 5.74) is 5.26. The maximum absolute atomic E-state index is 12.6. The van der Waals surface area contributed by atoms with Crippen LogP contribution < -0.4 is 15.5 Å². The molecular formula is C22H21N9O2. The number of oxazole rings is 1. The van der Waals surface area contributed by atoms with Gasteiger partial charge in [0.15, 0.2) is 5.69 Å². The largest absolute Gasteiger partial charge is 0.431 e. The molecule has 0 atom stereocenters. The molecular weight excluding hydrogens is 422 g/mol. The Kier molecular flexibility index (Phi) is 4.71. The van der Waals surface area contributed by atoms with Crippen molar-refractivity contribution in [2.75, 3.05) is 22.1 Å². The summed E-state index contributed by atoms with van der Waals surface area (Å²) in [5.74, 6) is 0.145. The lowest BCUT2D eigenvalue weighted by Crippen LogP contribution is -2.30. The molecule has 4 heterocycles. The Labute approximate surface area is 188 Å². The van der Waals surface area contributed by atoms with E-state index in [0.717, 1.165) is 30.7 Å². The van der Waals surface area contributed by atoms with E-state index in [9.17, 15) is 4.79 Å². The summed E-state index contributed by atoms with van der Waals surface area (Å²) in [5, 5.41) is 16.9. The summed E-state index contributed by atoms with van der Waals surface area (Å²) in [6.07, 6.45) is 7.15. The molecule has 0 saturated carbocycles. The van der Waals surface area contributed by atoms with E-state index in [1.165, 1.54) is 17.4 Å². The molecule has 0 radical (unpaired) electrons. The summed E-state index contributed by atoms with van der Waals surface area (Å²) in [7, 11) is 0. The van der Waals surface area contributed by atoms with E-state index >= 15 is 0 Å². The standard InChI is InChI=1S/C22H21N9O2/c32-20(19-12-33-22(27-19)31-6-5-17-18(11-31)29-30-28-17)25-16-9-23-21(24-10-16)26-15-7-13-3-1-2-4-14(13)8-15/h1-4,9-10,12,15H,5-8,11H2,(H,25,32)(H,23,24,26)(H,28,29,30). The Bertz CT molecular complexity index is 1270. The molecule has 2 aliphatic rings. The summed E-state index contributed by atoms with van der Waals surface area (Å²) in [6, 6.07) is 9.07. The Morgan fingerprint density at radius 3 is 2.73 bits per heavy atom. The second-order valence-corrected chi connectivity index (χ2v) is 8.19. The zero-order valence-electron chi connectivity index (χ0n) is 17.7. The number of carbonyl (C=O) groups excluding carboxylic acids is 1. The van der Waals surface area contributed by atoms with E-state index < -0.39 is 0 Å². The SMILES string of the molecule is O=C(Nc1cnc(NC2Cc3ccccc3C2)nc1)c1coc(N2CCc3[nH]nnc3C2)n1. The number of amides is 1. The molecule has 0 unspecified atom stereocenters. The van der Waals surface area contributed by atoms with Gasteiger partial charge in [-0.05, 0) is 24.0 Å². The Hall–Kier alpha value is -4.28. The van der Waals surface area contributed by atoms with Gasteiger partial charge in [-0.3, -0.25) is 9.89 Å². The van der Waals surface area contributed by atoms with Crippen LogP contribution in [0.4, 0.5) is 17.7 Å². The first-order chi connectivity index (χ1) is 16.2. The number of rotatable bonds is 5. The Morgan fingerprint density at radius 2 is 1.94 bits per heavy atom. The summed E-state index contributed by atoms with van der Waals surface area (Å²) in [4.78, 5) is 27.5. The Balaban J connectivity index is 1.06. The normalized spacial score (nSPS) is 15.2. The van der Waals surface area contributed by atoms with Crippen LogP contribution >= 0.6 is 0 Å². The number of hydrogen-bond donors (Lipinski definition) is 3. The van der Waals surface area contributed by atoms with Gasteiger partial charge >= 0.3 is 0 Å². The van der Waals surface area contributed by atoms with Crippen LogP contribution in [0.2, 0.25) is 0 Å². The molecule has 0 bridgehead atoms. The maximum Gasteiger partial charge on any atom is 0.298 e. The lowest BCUT2D eigenvalue weighted by atomic mass is 10.1. The fourth-order valence-corrected chi connectivity index (χ4v) is 4.29. The highest BCUT2D eigenvalue weighted by Crippen LogP contribution is 2.24. The average Bonchev–Trinajstić information content (AvgIpc) is 3.58. The molecule has 166 valence electrons. The van der Waals surface area contributed by atoms with Crippen LogP contribution in [0.3, 0.4) is 0 Å². The van der Waals surface area contributed by atoms with Gasteiger partial charge in [-0.15, -0.1) is 5.10 Å². The number of fused-ring (bicyclic) bond motifs is 2. The summed E-state index contributed by atoms with van der Waals surface area (Å²) >= 11 is 0. The summed E-state index contributed by atoms with van der Waals surface area (Å²) < 4.78 is 5.53. The van der Waals surface area contributed by atoms with Crippen molar-refractivity contribution in [2.24, 2.45) is 0 Å². The van der Waals surface area contributed by atoms with Gasteiger partial charge in [0.05, 0.1) is 30.3 Å². The zero-order valence-corrected chi connectivity index (χ0v) is 17.7. The average molecular weight is 443 g/mol. The first-order valence-electron chi connectivity index (χ1n) is 10.8. The number of benzene rings is 1. The molecule has 4 aromatic rings. The number of H-pyrrole nitrogens is 1. The molecule has 1 aromatic carbocycles. The maximum atomic E-state index is 12.6. The van der Waals surface area contributed by atoms with Crippen molar-refractivity contribution < 1.29 is 9.21 Å². The topological polar surface area (TPSA) is 138 Å². The van der Waals surface area contributed by atoms with E-state index in [1.54, 1.807) is 12.4 Å². The van der Waals surface area contributed by atoms with Crippen molar-refractivity contribution in [2.45, 2.75) is 31.8 Å². The second-order valence-electron chi connectivity index (χ2n) is 8.19. The van der Waals surface area contributed by atoms with Crippen LogP contribution in [-0.2, 0) is 25.8 Å². The highest BCUT2D eigenvalue weighted by atomic mass is 16.4. The monoisotopic (exact) mass is 443 g/mol. The molecule has 0 fully saturated rings. The molecule has 1 aliphatic heterocycles. The third kappa shape index (κ3) is 3.88. The smallest absolute Gasteiger partial charge is 0.298 e. The number of hydrogen-bond acceptors (Lipinski definition) is 9. The van der Waals surface area contributed by atoms with Crippen LogP contribution in [0.15, 0.2) is 47.3 Å². The molecule has 3 aromatic heterocycles. The Morgan fingerprint density at radius 1 is 1.15 bits per heavy atom. The van der Waals surface area contributed by atoms with Crippen LogP contribution in [-0.4, -0.2) is 48.9 Å². The zero-order chi connectivity index (χ0) is 22.2. The minimum atomic E-state index is -0.389. The van der Waals surface area contributed by atoms with E-state index in [-0.39, 0.29) is 17.6 Å². The lowest BCUT2D eigenvalue weighted by Gasteiger charge is -2.23. The fourth-order valence-electron chi connectivity index (χ4n) is 4.29. The first kappa shape index (κ1) is 19.4. The number of nitrogens with one attached hydrogen (secondary N) is 3. The van der Waals surface area contributed by atoms with Gasteiger partial charge in [0.1, 0.15) is 12.0 Å². The molecule has 1 amide bonds. The number of anilines is 3. The van der Waals surface area contributed by atoms with E-state index in [4.69, 9.17) is 4.42 Å². The van der Waals surface area contributed by atoms with E-state index in [1.807, 2.05) is 4.90 Å². The highest BCUT2D eigenvalue weighted by Gasteiger charge is 2.24. The molecule has 3 N–H and O–H groups in total. The number of aromatic amines is 1. The number of aromatic nitrogens is 6. The van der Waals surface area contributed by atoms with Crippen molar-refractivity contribution in [3.8, 4) is 0 Å². The first-order valence-corrected chi connectivity index (χ1v) is 10.8. The van der Waals surface area contributed by atoms with Crippen molar-refractivity contribution in [3.05, 3.63) is 71.1 Å². The second kappa shape index (κ2) is 8.01.